The summed E-state index contributed by atoms with van der Waals surface area (Å²) in [5, 5.41) is 19.3. The number of aliphatic hydroxyl groups is 1. The highest BCUT2D eigenvalue weighted by Gasteiger charge is 2.42. The molecular weight excluding hydrogens is 520 g/mol. The van der Waals surface area contributed by atoms with Gasteiger partial charge in [0.15, 0.2) is 0 Å². The highest BCUT2D eigenvalue weighted by Crippen LogP contribution is 2.46. The van der Waals surface area contributed by atoms with Crippen LogP contribution in [0.3, 0.4) is 0 Å². The number of sulfonamides is 1. The number of nitrogens with zero attached hydrogens (tertiary/aromatic N) is 2. The van der Waals surface area contributed by atoms with Gasteiger partial charge in [0.1, 0.15) is 23.1 Å². The Balaban J connectivity index is 2.29. The molecule has 2 atom stereocenters. The predicted octanol–water partition coefficient (Wildman–Crippen LogP) is 4.25. The first-order valence-electron chi connectivity index (χ1n) is 11.3. The number of carbonyl (C=O) groups is 1. The maximum Gasteiger partial charge on any atom is 0.420 e. The average Bonchev–Trinajstić information content (AvgIpc) is 2.85. The van der Waals surface area contributed by atoms with Gasteiger partial charge in [-0.2, -0.15) is 17.5 Å². The molecule has 0 bridgehead atoms. The van der Waals surface area contributed by atoms with Crippen molar-refractivity contribution in [1.29, 1.82) is 0 Å². The molecule has 3 rings (SSSR count). The summed E-state index contributed by atoms with van der Waals surface area (Å²) in [6, 6.07) is 5.33. The van der Waals surface area contributed by atoms with Crippen LogP contribution in [-0.2, 0) is 21.0 Å². The first kappa shape index (κ1) is 28.7. The first-order valence-corrected chi connectivity index (χ1v) is 12.7. The number of hydrogen-bond acceptors (Lipinski definition) is 6. The highest BCUT2D eigenvalue weighted by molar-refractivity contribution is 7.89. The number of aliphatic carboxylic acids is 1. The Kier molecular flexibility index (Phi) is 7.83. The minimum absolute atomic E-state index is 0.0241. The molecule has 37 heavy (non-hydrogen) atoms. The summed E-state index contributed by atoms with van der Waals surface area (Å²) < 4.78 is 89.5. The highest BCUT2D eigenvalue weighted by atomic mass is 32.2. The van der Waals surface area contributed by atoms with Crippen molar-refractivity contribution < 1.29 is 45.7 Å². The molecule has 0 radical (unpaired) electrons. The Labute approximate surface area is 212 Å². The van der Waals surface area contributed by atoms with E-state index in [4.69, 9.17) is 4.74 Å². The SMILES string of the molecule is C[C@@H](O)C[C@@H]1CN(c2ccc(F)cc2)c2cc(C(F)(F)F)c(OCC(C)(C)C(=O)O)cc2S(=O)(=O)N1C. The number of carboxylic acid groups (broad SMARTS) is 1. The monoisotopic (exact) mass is 548 g/mol. The third kappa shape index (κ3) is 5.99. The van der Waals surface area contributed by atoms with Crippen molar-refractivity contribution in [3.8, 4) is 5.75 Å². The van der Waals surface area contributed by atoms with Crippen LogP contribution in [0.25, 0.3) is 0 Å². The van der Waals surface area contributed by atoms with E-state index in [0.717, 1.165) is 22.5 Å². The fraction of sp³-hybridized carbons (Fsp3) is 0.458. The minimum Gasteiger partial charge on any atom is -0.492 e. The first-order chi connectivity index (χ1) is 16.9. The zero-order valence-electron chi connectivity index (χ0n) is 20.6. The molecule has 0 aliphatic carbocycles. The zero-order chi connectivity index (χ0) is 27.9. The number of carboxylic acids is 1. The summed E-state index contributed by atoms with van der Waals surface area (Å²) >= 11 is 0. The zero-order valence-corrected chi connectivity index (χ0v) is 21.4. The summed E-state index contributed by atoms with van der Waals surface area (Å²) in [5.74, 6) is -2.75. The second kappa shape index (κ2) is 10.1. The molecule has 1 aliphatic heterocycles. The van der Waals surface area contributed by atoms with E-state index in [2.05, 4.69) is 0 Å². The lowest BCUT2D eigenvalue weighted by atomic mass is 9.95. The Morgan fingerprint density at radius 1 is 1.19 bits per heavy atom. The molecule has 0 saturated carbocycles. The number of benzene rings is 2. The maximum atomic E-state index is 14.1. The van der Waals surface area contributed by atoms with E-state index in [9.17, 15) is 41.0 Å². The number of hydrogen-bond donors (Lipinski definition) is 2. The molecule has 1 heterocycles. The van der Waals surface area contributed by atoms with Crippen LogP contribution in [0.15, 0.2) is 41.3 Å². The Morgan fingerprint density at radius 2 is 1.78 bits per heavy atom. The number of fused-ring (bicyclic) bond motifs is 1. The normalized spacial score (nSPS) is 19.2. The predicted molar refractivity (Wildman–Crippen MR) is 127 cm³/mol. The van der Waals surface area contributed by atoms with Crippen LogP contribution >= 0.6 is 0 Å². The third-order valence-electron chi connectivity index (χ3n) is 6.14. The quantitative estimate of drug-likeness (QED) is 0.499. The second-order valence-electron chi connectivity index (χ2n) is 9.64. The van der Waals surface area contributed by atoms with Gasteiger partial charge in [0.05, 0.1) is 22.8 Å². The molecule has 0 aromatic heterocycles. The van der Waals surface area contributed by atoms with Crippen LogP contribution in [-0.4, -0.2) is 61.3 Å². The van der Waals surface area contributed by atoms with Gasteiger partial charge in [-0.3, -0.25) is 4.79 Å². The summed E-state index contributed by atoms with van der Waals surface area (Å²) in [6.45, 7) is 3.18. The number of halogens is 4. The summed E-state index contributed by atoms with van der Waals surface area (Å²) in [7, 11) is -3.16. The second-order valence-corrected chi connectivity index (χ2v) is 11.6. The molecule has 0 amide bonds. The fourth-order valence-corrected chi connectivity index (χ4v) is 5.43. The summed E-state index contributed by atoms with van der Waals surface area (Å²) in [5.41, 5.74) is -2.94. The topological polar surface area (TPSA) is 107 Å². The van der Waals surface area contributed by atoms with Gasteiger partial charge < -0.3 is 19.8 Å². The molecule has 2 aromatic carbocycles. The Hall–Kier alpha value is -2.90. The van der Waals surface area contributed by atoms with Gasteiger partial charge in [0.25, 0.3) is 0 Å². The van der Waals surface area contributed by atoms with Gasteiger partial charge in [0, 0.05) is 31.4 Å². The van der Waals surface area contributed by atoms with E-state index in [0.29, 0.717) is 6.07 Å². The van der Waals surface area contributed by atoms with Gasteiger partial charge in [-0.1, -0.05) is 0 Å². The molecule has 2 N–H and O–H groups in total. The summed E-state index contributed by atoms with van der Waals surface area (Å²) in [6.07, 6.45) is -5.93. The molecule has 204 valence electrons. The number of rotatable bonds is 7. The smallest absolute Gasteiger partial charge is 0.420 e. The van der Waals surface area contributed by atoms with E-state index < -0.39 is 68.4 Å². The van der Waals surface area contributed by atoms with Gasteiger partial charge in [0.2, 0.25) is 10.0 Å². The number of anilines is 2. The molecule has 13 heteroatoms. The third-order valence-corrected chi connectivity index (χ3v) is 8.08. The average molecular weight is 549 g/mol. The van der Waals surface area contributed by atoms with E-state index in [1.165, 1.54) is 44.9 Å². The van der Waals surface area contributed by atoms with Crippen LogP contribution in [0.2, 0.25) is 0 Å². The molecule has 0 spiro atoms. The lowest BCUT2D eigenvalue weighted by Crippen LogP contribution is -2.42. The molecule has 0 saturated heterocycles. The van der Waals surface area contributed by atoms with Crippen LogP contribution in [0.5, 0.6) is 5.75 Å². The maximum absolute atomic E-state index is 14.1. The van der Waals surface area contributed by atoms with Crippen LogP contribution < -0.4 is 9.64 Å². The molecule has 0 unspecified atom stereocenters. The van der Waals surface area contributed by atoms with E-state index in [1.807, 2.05) is 0 Å². The van der Waals surface area contributed by atoms with Crippen molar-refractivity contribution in [3.63, 3.8) is 0 Å². The van der Waals surface area contributed by atoms with Crippen LogP contribution in [0.4, 0.5) is 28.9 Å². The van der Waals surface area contributed by atoms with Crippen molar-refractivity contribution in [2.45, 2.75) is 50.4 Å². The number of likely N-dealkylation sites (N-methyl/N-ethyl adjacent to an activating group) is 1. The summed E-state index contributed by atoms with van der Waals surface area (Å²) in [4.78, 5) is 12.2. The molecule has 8 nitrogen and oxygen atoms in total. The number of ether oxygens (including phenoxy) is 1. The van der Waals surface area contributed by atoms with Crippen molar-refractivity contribution in [2.75, 3.05) is 25.1 Å². The van der Waals surface area contributed by atoms with E-state index in [1.54, 1.807) is 0 Å². The molecule has 0 fully saturated rings. The molecule has 1 aliphatic rings. The Bertz CT molecular complexity index is 1260. The van der Waals surface area contributed by atoms with Gasteiger partial charge in [-0.25, -0.2) is 12.8 Å². The number of alkyl halides is 3. The Morgan fingerprint density at radius 3 is 2.30 bits per heavy atom. The minimum atomic E-state index is -4.98. The number of aliphatic hydroxyl groups excluding tert-OH is 1. The van der Waals surface area contributed by atoms with Gasteiger partial charge in [-0.05, 0) is 57.5 Å². The largest absolute Gasteiger partial charge is 0.492 e. The lowest BCUT2D eigenvalue weighted by molar-refractivity contribution is -0.148. The molecule has 2 aromatic rings. The van der Waals surface area contributed by atoms with Crippen LogP contribution in [0.1, 0.15) is 32.8 Å². The van der Waals surface area contributed by atoms with Crippen molar-refractivity contribution in [1.82, 2.24) is 4.31 Å². The van der Waals surface area contributed by atoms with Crippen molar-refractivity contribution in [3.05, 3.63) is 47.8 Å². The van der Waals surface area contributed by atoms with Gasteiger partial charge in [-0.15, -0.1) is 0 Å². The lowest BCUT2D eigenvalue weighted by Gasteiger charge is -2.30. The standard InChI is InChI=1S/C24H28F4N2O6S/c1-14(31)9-17-12-30(16-7-5-15(25)6-8-16)19-10-18(24(26,27)28)20(36-13-23(2,3)22(32)33)11-21(19)37(34,35)29(17)4/h5-8,10-11,14,17,31H,9,12-13H2,1-4H3,(H,32,33)/t14-,17-/m1/s1. The van der Waals surface area contributed by atoms with Gasteiger partial charge >= 0.3 is 12.1 Å². The van der Waals surface area contributed by atoms with Crippen molar-refractivity contribution >= 4 is 27.4 Å². The molecular formula is C24H28F4N2O6S. The van der Waals surface area contributed by atoms with Crippen LogP contribution in [0, 0.1) is 11.2 Å². The van der Waals surface area contributed by atoms with E-state index in [-0.39, 0.29) is 24.3 Å². The fourth-order valence-electron chi connectivity index (χ4n) is 3.89. The van der Waals surface area contributed by atoms with Crippen molar-refractivity contribution in [2.24, 2.45) is 5.41 Å². The van der Waals surface area contributed by atoms with E-state index >= 15 is 0 Å².